The molecule has 1 aliphatic rings. The van der Waals surface area contributed by atoms with Crippen LogP contribution in [0, 0.1) is 0 Å². The number of imidazole rings is 1. The first-order valence-corrected chi connectivity index (χ1v) is 12.4. The number of aromatic nitrogens is 4. The molecule has 2 aromatic rings. The second-order valence-electron chi connectivity index (χ2n) is 6.02. The number of nitrogen functional groups attached to an aromatic ring is 1. The first kappa shape index (κ1) is 24.3. The SMILES string of the molecule is Nc1ncnc2c1ncn2[C@@H]1O[C@H](COP(=O)(O)OP(=O)(O)OP(=O)(O)O)[C@H](O)[C@H]1O. The summed E-state index contributed by atoms with van der Waals surface area (Å²) in [7, 11) is -16.7. The third-order valence-electron chi connectivity index (χ3n) is 3.82. The molecule has 0 bridgehead atoms. The predicted octanol–water partition coefficient (Wildman–Crippen LogP) is -1.63. The molecule has 0 spiro atoms. The molecule has 1 saturated heterocycles. The number of ether oxygens (including phenoxy) is 1. The fraction of sp³-hybridized carbons (Fsp3) is 0.500. The van der Waals surface area contributed by atoms with Crippen molar-refractivity contribution in [1.82, 2.24) is 19.5 Å². The van der Waals surface area contributed by atoms with Crippen molar-refractivity contribution in [3.05, 3.63) is 12.7 Å². The molecule has 2 unspecified atom stereocenters. The van der Waals surface area contributed by atoms with Gasteiger partial charge in [0.25, 0.3) is 0 Å². The van der Waals surface area contributed by atoms with Crippen molar-refractivity contribution in [3.63, 3.8) is 0 Å². The van der Waals surface area contributed by atoms with E-state index >= 15 is 0 Å². The van der Waals surface area contributed by atoms with Gasteiger partial charge < -0.3 is 40.3 Å². The van der Waals surface area contributed by atoms with Crippen LogP contribution in [0.3, 0.4) is 0 Å². The van der Waals surface area contributed by atoms with Gasteiger partial charge in [-0.3, -0.25) is 9.09 Å². The quantitative estimate of drug-likeness (QED) is 0.197. The summed E-state index contributed by atoms with van der Waals surface area (Å²) in [6, 6.07) is 0. The molecular weight excluding hydrogens is 491 g/mol. The lowest BCUT2D eigenvalue weighted by atomic mass is 10.1. The maximum atomic E-state index is 11.8. The lowest BCUT2D eigenvalue weighted by Crippen LogP contribution is -2.33. The van der Waals surface area contributed by atoms with Crippen LogP contribution in [0.15, 0.2) is 12.7 Å². The summed E-state index contributed by atoms with van der Waals surface area (Å²) in [5.41, 5.74) is 6.00. The van der Waals surface area contributed by atoms with Gasteiger partial charge >= 0.3 is 23.5 Å². The monoisotopic (exact) mass is 507 g/mol. The Hall–Kier alpha value is -1.36. The number of phosphoric acid groups is 3. The second kappa shape index (κ2) is 8.53. The third kappa shape index (κ3) is 5.71. The van der Waals surface area contributed by atoms with Gasteiger partial charge in [-0.25, -0.2) is 28.6 Å². The number of nitrogens with zero attached hydrogens (tertiary/aromatic N) is 4. The summed E-state index contributed by atoms with van der Waals surface area (Å²) in [6.07, 6.45) is -3.69. The predicted molar refractivity (Wildman–Crippen MR) is 95.5 cm³/mol. The molecular formula is C10H16N5O13P3. The van der Waals surface area contributed by atoms with Gasteiger partial charge in [0.1, 0.15) is 30.2 Å². The number of hydrogen-bond acceptors (Lipinski definition) is 13. The Kier molecular flexibility index (Phi) is 6.68. The zero-order valence-electron chi connectivity index (χ0n) is 14.9. The molecule has 2 aromatic heterocycles. The van der Waals surface area contributed by atoms with E-state index in [0.29, 0.717) is 0 Å². The Morgan fingerprint density at radius 3 is 2.35 bits per heavy atom. The van der Waals surface area contributed by atoms with Crippen molar-refractivity contribution in [2.24, 2.45) is 0 Å². The molecule has 174 valence electrons. The van der Waals surface area contributed by atoms with Crippen molar-refractivity contribution in [2.45, 2.75) is 24.5 Å². The van der Waals surface area contributed by atoms with Gasteiger partial charge in [-0.1, -0.05) is 0 Å². The number of hydrogen-bond donors (Lipinski definition) is 7. The Morgan fingerprint density at radius 1 is 1.03 bits per heavy atom. The summed E-state index contributed by atoms with van der Waals surface area (Å²) in [5, 5.41) is 20.4. The summed E-state index contributed by atoms with van der Waals surface area (Å²) in [6.45, 7) is -0.956. The van der Waals surface area contributed by atoms with E-state index in [1.165, 1.54) is 10.9 Å². The topological polar surface area (TPSA) is 279 Å². The van der Waals surface area contributed by atoms with Crippen LogP contribution >= 0.6 is 23.5 Å². The molecule has 3 rings (SSSR count). The van der Waals surface area contributed by atoms with E-state index in [2.05, 4.69) is 28.1 Å². The number of aliphatic hydroxyl groups is 2. The van der Waals surface area contributed by atoms with Crippen LogP contribution in [0.4, 0.5) is 5.82 Å². The van der Waals surface area contributed by atoms with E-state index in [0.717, 1.165) is 6.33 Å². The molecule has 1 fully saturated rings. The molecule has 0 saturated carbocycles. The summed E-state index contributed by atoms with van der Waals surface area (Å²) in [4.78, 5) is 47.2. The average Bonchev–Trinajstić information content (AvgIpc) is 3.13. The van der Waals surface area contributed by atoms with E-state index in [4.69, 9.17) is 25.2 Å². The molecule has 3 heterocycles. The first-order chi connectivity index (χ1) is 14.2. The Labute approximate surface area is 171 Å². The van der Waals surface area contributed by atoms with E-state index in [9.17, 15) is 28.8 Å². The normalized spacial score (nSPS) is 28.5. The molecule has 31 heavy (non-hydrogen) atoms. The number of phosphoric ester groups is 1. The highest BCUT2D eigenvalue weighted by atomic mass is 31.3. The van der Waals surface area contributed by atoms with Gasteiger partial charge in [0, 0.05) is 0 Å². The second-order valence-corrected chi connectivity index (χ2v) is 10.4. The maximum Gasteiger partial charge on any atom is 0.490 e. The molecule has 18 nitrogen and oxygen atoms in total. The zero-order chi connectivity index (χ0) is 23.2. The van der Waals surface area contributed by atoms with Crippen LogP contribution in [0.25, 0.3) is 11.2 Å². The van der Waals surface area contributed by atoms with Gasteiger partial charge in [-0.2, -0.15) is 8.62 Å². The lowest BCUT2D eigenvalue weighted by molar-refractivity contribution is -0.0503. The third-order valence-corrected chi connectivity index (χ3v) is 7.62. The highest BCUT2D eigenvalue weighted by Crippen LogP contribution is 2.66. The largest absolute Gasteiger partial charge is 0.490 e. The van der Waals surface area contributed by atoms with Crippen LogP contribution in [0.2, 0.25) is 0 Å². The number of anilines is 1. The first-order valence-electron chi connectivity index (χ1n) is 7.92. The number of rotatable bonds is 8. The highest BCUT2D eigenvalue weighted by Gasteiger charge is 2.47. The van der Waals surface area contributed by atoms with Crippen LogP contribution in [0.1, 0.15) is 6.23 Å². The molecule has 1 aliphatic heterocycles. The molecule has 0 aliphatic carbocycles. The van der Waals surface area contributed by atoms with Crippen LogP contribution in [0.5, 0.6) is 0 Å². The van der Waals surface area contributed by atoms with Gasteiger partial charge in [0.2, 0.25) is 0 Å². The summed E-state index contributed by atoms with van der Waals surface area (Å²) >= 11 is 0. The minimum Gasteiger partial charge on any atom is -0.387 e. The Morgan fingerprint density at radius 2 is 1.71 bits per heavy atom. The standard InChI is InChI=1S/C10H16N5O13P3/c11-8-5-9(13-2-12-8)15(3-14-5)10-7(17)6(16)4(26-10)1-25-30(21,22)28-31(23,24)27-29(18,19)20/h2-4,6-7,10,16-17H,1H2,(H,21,22)(H,23,24)(H2,11,12,13)(H2,18,19,20)/t4-,6+,7-,10-/m1/s1. The number of fused-ring (bicyclic) bond motifs is 1. The van der Waals surface area contributed by atoms with Gasteiger partial charge in [-0.15, -0.1) is 0 Å². The van der Waals surface area contributed by atoms with Crippen molar-refractivity contribution >= 4 is 40.4 Å². The molecule has 21 heteroatoms. The lowest BCUT2D eigenvalue weighted by Gasteiger charge is -2.19. The molecule has 6 atom stereocenters. The van der Waals surface area contributed by atoms with E-state index in [-0.39, 0.29) is 17.0 Å². The molecule has 0 aromatic carbocycles. The minimum absolute atomic E-state index is 0.0426. The molecule has 0 radical (unpaired) electrons. The Bertz CT molecular complexity index is 1100. The molecule has 8 N–H and O–H groups in total. The van der Waals surface area contributed by atoms with Gasteiger partial charge in [0.05, 0.1) is 12.9 Å². The highest BCUT2D eigenvalue weighted by molar-refractivity contribution is 7.66. The fourth-order valence-electron chi connectivity index (χ4n) is 2.62. The van der Waals surface area contributed by atoms with E-state index in [1.807, 2.05) is 0 Å². The summed E-state index contributed by atoms with van der Waals surface area (Å²) < 4.78 is 51.9. The van der Waals surface area contributed by atoms with Crippen LogP contribution in [-0.4, -0.2) is 74.2 Å². The summed E-state index contributed by atoms with van der Waals surface area (Å²) in [5.74, 6) is 0.0426. The van der Waals surface area contributed by atoms with Gasteiger partial charge in [0.15, 0.2) is 17.7 Å². The molecule has 0 amide bonds. The zero-order valence-corrected chi connectivity index (χ0v) is 17.6. The number of nitrogens with two attached hydrogens (primary N) is 1. The number of aliphatic hydroxyl groups excluding tert-OH is 2. The average molecular weight is 507 g/mol. The van der Waals surface area contributed by atoms with Crippen molar-refractivity contribution in [1.29, 1.82) is 0 Å². The Balaban J connectivity index is 1.69. The van der Waals surface area contributed by atoms with E-state index < -0.39 is 54.6 Å². The van der Waals surface area contributed by atoms with Crippen LogP contribution < -0.4 is 5.73 Å². The smallest absolute Gasteiger partial charge is 0.387 e. The van der Waals surface area contributed by atoms with Crippen molar-refractivity contribution < 1.29 is 61.4 Å². The maximum absolute atomic E-state index is 11.8. The fourth-order valence-corrected chi connectivity index (χ4v) is 5.65. The van der Waals surface area contributed by atoms with Crippen molar-refractivity contribution in [3.8, 4) is 0 Å². The minimum atomic E-state index is -5.70. The van der Waals surface area contributed by atoms with Crippen molar-refractivity contribution in [2.75, 3.05) is 12.3 Å². The van der Waals surface area contributed by atoms with Gasteiger partial charge in [-0.05, 0) is 0 Å². The van der Waals surface area contributed by atoms with E-state index in [1.54, 1.807) is 0 Å². The van der Waals surface area contributed by atoms with Crippen LogP contribution in [-0.2, 0) is 31.6 Å².